The normalized spacial score (nSPS) is 10.5. The van der Waals surface area contributed by atoms with Crippen LogP contribution >= 0.6 is 11.8 Å². The van der Waals surface area contributed by atoms with Crippen LogP contribution in [-0.4, -0.2) is 16.0 Å². The number of rotatable bonds is 2. The van der Waals surface area contributed by atoms with Crippen molar-refractivity contribution in [2.24, 2.45) is 0 Å². The number of aromatic amines is 1. The first-order valence-electron chi connectivity index (χ1n) is 4.64. The van der Waals surface area contributed by atoms with Crippen LogP contribution < -0.4 is 5.56 Å². The molecule has 0 unspecified atom stereocenters. The molecule has 15 heavy (non-hydrogen) atoms. The average Bonchev–Trinajstić information content (AvgIpc) is 2.58. The van der Waals surface area contributed by atoms with Gasteiger partial charge in [-0.3, -0.25) is 9.89 Å². The zero-order valence-corrected chi connectivity index (χ0v) is 9.47. The van der Waals surface area contributed by atoms with Gasteiger partial charge in [-0.15, -0.1) is 11.8 Å². The third-order valence-electron chi connectivity index (χ3n) is 2.16. The summed E-state index contributed by atoms with van der Waals surface area (Å²) in [5, 5.41) is 3.01. The van der Waals surface area contributed by atoms with Crippen LogP contribution in [-0.2, 0) is 0 Å². The first-order chi connectivity index (χ1) is 7.20. The SMILES string of the molecule is CSc1cccc(-n2[nH]c(C)cc2=O)c1. The van der Waals surface area contributed by atoms with E-state index in [9.17, 15) is 4.79 Å². The molecule has 1 aromatic heterocycles. The Kier molecular flexibility index (Phi) is 2.68. The zero-order valence-electron chi connectivity index (χ0n) is 8.65. The van der Waals surface area contributed by atoms with Crippen LogP contribution in [0.5, 0.6) is 0 Å². The molecule has 3 nitrogen and oxygen atoms in total. The molecule has 2 aromatic rings. The molecule has 0 saturated heterocycles. The number of thioether (sulfide) groups is 1. The van der Waals surface area contributed by atoms with Crippen LogP contribution in [0.15, 0.2) is 40.0 Å². The van der Waals surface area contributed by atoms with E-state index in [4.69, 9.17) is 0 Å². The second-order valence-electron chi connectivity index (χ2n) is 3.31. The molecule has 1 N–H and O–H groups in total. The highest BCUT2D eigenvalue weighted by molar-refractivity contribution is 7.98. The van der Waals surface area contributed by atoms with Crippen molar-refractivity contribution >= 4 is 11.8 Å². The van der Waals surface area contributed by atoms with E-state index in [0.29, 0.717) is 0 Å². The molecular weight excluding hydrogens is 208 g/mol. The lowest BCUT2D eigenvalue weighted by atomic mass is 10.3. The zero-order chi connectivity index (χ0) is 10.8. The Morgan fingerprint density at radius 2 is 2.13 bits per heavy atom. The van der Waals surface area contributed by atoms with Crippen LogP contribution in [0.25, 0.3) is 5.69 Å². The highest BCUT2D eigenvalue weighted by atomic mass is 32.2. The van der Waals surface area contributed by atoms with E-state index in [1.54, 1.807) is 22.5 Å². The first-order valence-corrected chi connectivity index (χ1v) is 5.86. The van der Waals surface area contributed by atoms with Crippen LogP contribution in [0.1, 0.15) is 5.69 Å². The number of aromatic nitrogens is 2. The van der Waals surface area contributed by atoms with Gasteiger partial charge in [0.25, 0.3) is 5.56 Å². The largest absolute Gasteiger partial charge is 0.295 e. The fraction of sp³-hybridized carbons (Fsp3) is 0.182. The van der Waals surface area contributed by atoms with E-state index >= 15 is 0 Å². The minimum atomic E-state index is -0.0225. The van der Waals surface area contributed by atoms with Crippen molar-refractivity contribution in [2.45, 2.75) is 11.8 Å². The molecule has 78 valence electrons. The lowest BCUT2D eigenvalue weighted by molar-refractivity contribution is 0.832. The summed E-state index contributed by atoms with van der Waals surface area (Å²) in [5.41, 5.74) is 1.72. The molecular formula is C11H12N2OS. The minimum Gasteiger partial charge on any atom is -0.295 e. The summed E-state index contributed by atoms with van der Waals surface area (Å²) in [6.45, 7) is 1.87. The highest BCUT2D eigenvalue weighted by Gasteiger charge is 2.02. The third-order valence-corrected chi connectivity index (χ3v) is 2.89. The fourth-order valence-electron chi connectivity index (χ4n) is 1.45. The van der Waals surface area contributed by atoms with Gasteiger partial charge in [0.15, 0.2) is 0 Å². The van der Waals surface area contributed by atoms with Crippen molar-refractivity contribution in [1.29, 1.82) is 0 Å². The Labute approximate surface area is 92.1 Å². The Balaban J connectivity index is 2.53. The maximum Gasteiger partial charge on any atom is 0.271 e. The molecule has 1 aromatic carbocycles. The number of hydrogen-bond donors (Lipinski definition) is 1. The lowest BCUT2D eigenvalue weighted by Crippen LogP contribution is -2.13. The van der Waals surface area contributed by atoms with Crippen molar-refractivity contribution in [3.05, 3.63) is 46.4 Å². The van der Waals surface area contributed by atoms with Gasteiger partial charge in [0.1, 0.15) is 0 Å². The van der Waals surface area contributed by atoms with E-state index in [-0.39, 0.29) is 5.56 Å². The predicted molar refractivity (Wildman–Crippen MR) is 62.9 cm³/mol. The fourth-order valence-corrected chi connectivity index (χ4v) is 1.91. The predicted octanol–water partition coefficient (Wildman–Crippen LogP) is 2.20. The number of benzene rings is 1. The van der Waals surface area contributed by atoms with E-state index in [1.165, 1.54) is 0 Å². The van der Waals surface area contributed by atoms with Gasteiger partial charge >= 0.3 is 0 Å². The number of nitrogens with zero attached hydrogens (tertiary/aromatic N) is 1. The van der Waals surface area contributed by atoms with Crippen molar-refractivity contribution in [1.82, 2.24) is 9.78 Å². The molecule has 0 aliphatic carbocycles. The van der Waals surface area contributed by atoms with Gasteiger partial charge in [0.2, 0.25) is 0 Å². The van der Waals surface area contributed by atoms with Gasteiger partial charge in [0, 0.05) is 16.7 Å². The summed E-state index contributed by atoms with van der Waals surface area (Å²) in [7, 11) is 0. The molecule has 0 spiro atoms. The summed E-state index contributed by atoms with van der Waals surface area (Å²) in [6.07, 6.45) is 2.02. The molecule has 1 heterocycles. The lowest BCUT2D eigenvalue weighted by Gasteiger charge is -2.03. The van der Waals surface area contributed by atoms with Crippen LogP contribution in [0.4, 0.5) is 0 Å². The van der Waals surface area contributed by atoms with Gasteiger partial charge in [0.05, 0.1) is 5.69 Å². The molecule has 2 rings (SSSR count). The van der Waals surface area contributed by atoms with Crippen molar-refractivity contribution in [2.75, 3.05) is 6.26 Å². The van der Waals surface area contributed by atoms with E-state index < -0.39 is 0 Å². The number of nitrogens with one attached hydrogen (secondary N) is 1. The van der Waals surface area contributed by atoms with Crippen molar-refractivity contribution in [3.63, 3.8) is 0 Å². The summed E-state index contributed by atoms with van der Waals surface area (Å²) < 4.78 is 1.55. The summed E-state index contributed by atoms with van der Waals surface area (Å²) in [5.74, 6) is 0. The number of H-pyrrole nitrogens is 1. The van der Waals surface area contributed by atoms with Crippen LogP contribution in [0.2, 0.25) is 0 Å². The Hall–Kier alpha value is -1.42. The molecule has 0 radical (unpaired) electrons. The molecule has 4 heteroatoms. The Bertz CT molecular complexity index is 527. The summed E-state index contributed by atoms with van der Waals surface area (Å²) in [4.78, 5) is 12.7. The minimum absolute atomic E-state index is 0.0225. The van der Waals surface area contributed by atoms with Gasteiger partial charge in [-0.2, -0.15) is 0 Å². The molecule has 0 aliphatic heterocycles. The van der Waals surface area contributed by atoms with Crippen LogP contribution in [0, 0.1) is 6.92 Å². The molecule has 0 atom stereocenters. The van der Waals surface area contributed by atoms with Crippen molar-refractivity contribution < 1.29 is 0 Å². The number of hydrogen-bond acceptors (Lipinski definition) is 2. The molecule has 0 saturated carbocycles. The highest BCUT2D eigenvalue weighted by Crippen LogP contribution is 2.17. The van der Waals surface area contributed by atoms with Gasteiger partial charge in [-0.25, -0.2) is 4.68 Å². The Morgan fingerprint density at radius 3 is 2.73 bits per heavy atom. The average molecular weight is 220 g/mol. The summed E-state index contributed by atoms with van der Waals surface area (Å²) >= 11 is 1.66. The second-order valence-corrected chi connectivity index (χ2v) is 4.19. The molecule has 0 amide bonds. The summed E-state index contributed by atoms with van der Waals surface area (Å²) in [6, 6.07) is 9.46. The maximum atomic E-state index is 11.6. The first kappa shape index (κ1) is 10.1. The van der Waals surface area contributed by atoms with Crippen LogP contribution in [0.3, 0.4) is 0 Å². The van der Waals surface area contributed by atoms with Gasteiger partial charge < -0.3 is 0 Å². The third kappa shape index (κ3) is 1.99. The molecule has 0 aliphatic rings. The topological polar surface area (TPSA) is 37.8 Å². The molecule has 0 fully saturated rings. The number of aryl methyl sites for hydroxylation is 1. The quantitative estimate of drug-likeness (QED) is 0.788. The smallest absolute Gasteiger partial charge is 0.271 e. The van der Waals surface area contributed by atoms with Gasteiger partial charge in [-0.05, 0) is 31.4 Å². The Morgan fingerprint density at radius 1 is 1.33 bits per heavy atom. The van der Waals surface area contributed by atoms with Gasteiger partial charge in [-0.1, -0.05) is 6.07 Å². The monoisotopic (exact) mass is 220 g/mol. The van der Waals surface area contributed by atoms with Crippen molar-refractivity contribution in [3.8, 4) is 5.69 Å². The van der Waals surface area contributed by atoms with E-state index in [0.717, 1.165) is 16.3 Å². The van der Waals surface area contributed by atoms with E-state index in [2.05, 4.69) is 5.10 Å². The second kappa shape index (κ2) is 3.98. The molecule has 0 bridgehead atoms. The van der Waals surface area contributed by atoms with E-state index in [1.807, 2.05) is 37.4 Å². The maximum absolute atomic E-state index is 11.6. The standard InChI is InChI=1S/C11H12N2OS/c1-8-6-11(14)13(12-8)9-4-3-5-10(7-9)15-2/h3-7,12H,1-2H3.